The van der Waals surface area contributed by atoms with Crippen molar-refractivity contribution < 1.29 is 4.42 Å². The van der Waals surface area contributed by atoms with Crippen LogP contribution in [0.1, 0.15) is 30.0 Å². The van der Waals surface area contributed by atoms with Gasteiger partial charge in [0.2, 0.25) is 0 Å². The average molecular weight is 832 g/mol. The highest BCUT2D eigenvalue weighted by atomic mass is 16.3. The number of furan rings is 1. The number of rotatable bonds is 5. The van der Waals surface area contributed by atoms with E-state index in [9.17, 15) is 0 Å². The van der Waals surface area contributed by atoms with Crippen molar-refractivity contribution in [2.24, 2.45) is 15.9 Å². The Balaban J connectivity index is 1.08. The number of nitrogens with zero attached hydrogens (tertiary/aromatic N) is 3. The van der Waals surface area contributed by atoms with E-state index >= 15 is 0 Å². The topological polar surface area (TPSA) is 42.8 Å². The van der Waals surface area contributed by atoms with Crippen LogP contribution >= 0.6 is 0 Å². The Kier molecular flexibility index (Phi) is 8.53. The standard InChI is InChI=1S/C61H41N3O/c1-38-26-30-53(46-22-13-21-43(32-46)39-14-3-2-4-15-39)62-61(47-28-27-40-16-5-6-18-42(40)33-47)63-60(38)52-36-48(37-57-59(52)50-24-11-12-25-56(50)65-57)64-54-31-29-41-17-9-10-23-49(41)58(54)51-34-44-19-7-8-20-45(44)35-55(51)64/h2-25,27-38H,26H2,1H3/b53-30+,62-61-,63-60+. The van der Waals surface area contributed by atoms with E-state index in [0.29, 0.717) is 5.84 Å². The molecule has 4 nitrogen and oxygen atoms in total. The fourth-order valence-corrected chi connectivity index (χ4v) is 10.2. The summed E-state index contributed by atoms with van der Waals surface area (Å²) in [7, 11) is 0. The van der Waals surface area contributed by atoms with E-state index in [2.05, 4.69) is 218 Å². The lowest BCUT2D eigenvalue weighted by molar-refractivity contribution is 0.668. The fraction of sp³-hybridized carbons (Fsp3) is 0.0492. The fourth-order valence-electron chi connectivity index (χ4n) is 10.2. The monoisotopic (exact) mass is 831 g/mol. The number of para-hydroxylation sites is 1. The van der Waals surface area contributed by atoms with Crippen LogP contribution in [-0.2, 0) is 0 Å². The molecular weight excluding hydrogens is 791 g/mol. The van der Waals surface area contributed by atoms with Crippen molar-refractivity contribution in [3.8, 4) is 16.8 Å². The van der Waals surface area contributed by atoms with Gasteiger partial charge in [-0.25, -0.2) is 9.98 Å². The van der Waals surface area contributed by atoms with Gasteiger partial charge in [-0.05, 0) is 92.3 Å². The first-order chi connectivity index (χ1) is 32.1. The number of hydrogen-bond acceptors (Lipinski definition) is 3. The largest absolute Gasteiger partial charge is 0.456 e. The van der Waals surface area contributed by atoms with Crippen LogP contribution in [-0.4, -0.2) is 16.1 Å². The van der Waals surface area contributed by atoms with Crippen LogP contribution in [0.15, 0.2) is 227 Å². The first-order valence-electron chi connectivity index (χ1n) is 22.4. The molecule has 1 atom stereocenters. The molecule has 12 aromatic rings. The molecule has 0 radical (unpaired) electrons. The zero-order valence-corrected chi connectivity index (χ0v) is 35.7. The quantitative estimate of drug-likeness (QED) is 0.170. The van der Waals surface area contributed by atoms with E-state index < -0.39 is 0 Å². The zero-order valence-electron chi connectivity index (χ0n) is 35.7. The number of hydrogen-bond donors (Lipinski definition) is 0. The van der Waals surface area contributed by atoms with Crippen LogP contribution in [0.25, 0.3) is 98.6 Å². The molecule has 0 saturated carbocycles. The van der Waals surface area contributed by atoms with E-state index in [1.165, 1.54) is 43.3 Å². The highest BCUT2D eigenvalue weighted by Crippen LogP contribution is 2.42. The van der Waals surface area contributed by atoms with Crippen LogP contribution in [0.2, 0.25) is 0 Å². The van der Waals surface area contributed by atoms with Crippen molar-refractivity contribution >= 4 is 93.3 Å². The number of fused-ring (bicyclic) bond motifs is 10. The van der Waals surface area contributed by atoms with Crippen molar-refractivity contribution in [3.05, 3.63) is 229 Å². The van der Waals surface area contributed by atoms with Gasteiger partial charge in [0.15, 0.2) is 5.84 Å². The van der Waals surface area contributed by atoms with Gasteiger partial charge < -0.3 is 8.98 Å². The summed E-state index contributed by atoms with van der Waals surface area (Å²) < 4.78 is 9.28. The van der Waals surface area contributed by atoms with Crippen LogP contribution < -0.4 is 0 Å². The molecular formula is C61H41N3O. The summed E-state index contributed by atoms with van der Waals surface area (Å²) in [5.41, 5.74) is 12.3. The third-order valence-corrected chi connectivity index (χ3v) is 13.4. The molecule has 4 heteroatoms. The second-order valence-electron chi connectivity index (χ2n) is 17.4. The lowest BCUT2D eigenvalue weighted by atomic mass is 9.90. The number of aromatic nitrogens is 1. The second kappa shape index (κ2) is 14.9. The third-order valence-electron chi connectivity index (χ3n) is 13.4. The molecule has 0 fully saturated rings. The highest BCUT2D eigenvalue weighted by molar-refractivity contribution is 6.26. The molecule has 1 unspecified atom stereocenters. The summed E-state index contributed by atoms with van der Waals surface area (Å²) in [6, 6.07) is 74.0. The van der Waals surface area contributed by atoms with Crippen LogP contribution in [0, 0.1) is 5.92 Å². The SMILES string of the molecule is CC1C/C=C(c2cccc(-c3ccccc3)c2)/N=C(c2ccc3ccccc3c2)\N=C/1c1cc(-n2c3cc4ccccc4cc3c3c4ccccc4ccc32)cc2oc3ccccc3c12. The van der Waals surface area contributed by atoms with Crippen molar-refractivity contribution in [3.63, 3.8) is 0 Å². The smallest absolute Gasteiger partial charge is 0.160 e. The maximum absolute atomic E-state index is 6.85. The molecule has 0 amide bonds. The van der Waals surface area contributed by atoms with Gasteiger partial charge in [-0.3, -0.25) is 0 Å². The number of amidine groups is 1. The first kappa shape index (κ1) is 37.2. The predicted octanol–water partition coefficient (Wildman–Crippen LogP) is 16.1. The van der Waals surface area contributed by atoms with Crippen molar-refractivity contribution in [2.45, 2.75) is 13.3 Å². The first-order valence-corrected chi connectivity index (χ1v) is 22.4. The maximum Gasteiger partial charge on any atom is 0.160 e. The minimum Gasteiger partial charge on any atom is -0.456 e. The summed E-state index contributed by atoms with van der Waals surface area (Å²) in [6.45, 7) is 2.30. The molecule has 0 aliphatic carbocycles. The molecule has 0 spiro atoms. The molecule has 0 N–H and O–H groups in total. The Morgan fingerprint density at radius 1 is 0.446 bits per heavy atom. The Morgan fingerprint density at radius 3 is 1.97 bits per heavy atom. The number of aliphatic imine (C=N–C) groups is 2. The average Bonchev–Trinajstić information content (AvgIpc) is 3.90. The van der Waals surface area contributed by atoms with Crippen LogP contribution in [0.4, 0.5) is 0 Å². The Hall–Kier alpha value is -8.34. The Morgan fingerprint density at radius 2 is 1.12 bits per heavy atom. The van der Waals surface area contributed by atoms with Gasteiger partial charge >= 0.3 is 0 Å². The lowest BCUT2D eigenvalue weighted by Crippen LogP contribution is -2.18. The van der Waals surface area contributed by atoms with Gasteiger partial charge in [0, 0.05) is 50.2 Å². The van der Waals surface area contributed by atoms with Gasteiger partial charge in [-0.2, -0.15) is 0 Å². The van der Waals surface area contributed by atoms with Crippen molar-refractivity contribution in [2.75, 3.05) is 0 Å². The van der Waals surface area contributed by atoms with Crippen molar-refractivity contribution in [1.82, 2.24) is 4.57 Å². The van der Waals surface area contributed by atoms with Gasteiger partial charge in [-0.1, -0.05) is 171 Å². The minimum atomic E-state index is 0.0198. The lowest BCUT2D eigenvalue weighted by Gasteiger charge is -2.20. The summed E-state index contributed by atoms with van der Waals surface area (Å²) in [5.74, 6) is 0.696. The molecule has 13 rings (SSSR count). The van der Waals surface area contributed by atoms with Gasteiger partial charge in [-0.15, -0.1) is 0 Å². The zero-order chi connectivity index (χ0) is 43.0. The molecule has 1 aliphatic heterocycles. The normalized spacial score (nSPS) is 17.0. The van der Waals surface area contributed by atoms with E-state index in [4.69, 9.17) is 14.4 Å². The van der Waals surface area contributed by atoms with E-state index in [0.717, 1.165) is 84.1 Å². The number of benzene rings is 10. The molecule has 10 aromatic carbocycles. The van der Waals surface area contributed by atoms with E-state index in [1.807, 2.05) is 6.07 Å². The highest BCUT2D eigenvalue weighted by Gasteiger charge is 2.25. The van der Waals surface area contributed by atoms with Gasteiger partial charge in [0.05, 0.1) is 28.1 Å². The minimum absolute atomic E-state index is 0.0198. The summed E-state index contributed by atoms with van der Waals surface area (Å²) in [4.78, 5) is 11.3. The molecule has 2 aromatic heterocycles. The molecule has 306 valence electrons. The van der Waals surface area contributed by atoms with Gasteiger partial charge in [0.25, 0.3) is 0 Å². The van der Waals surface area contributed by atoms with Crippen LogP contribution in [0.3, 0.4) is 0 Å². The van der Waals surface area contributed by atoms with Crippen molar-refractivity contribution in [1.29, 1.82) is 0 Å². The second-order valence-corrected chi connectivity index (χ2v) is 17.4. The Bertz CT molecular complexity index is 4000. The molecule has 65 heavy (non-hydrogen) atoms. The third kappa shape index (κ3) is 6.21. The predicted molar refractivity (Wildman–Crippen MR) is 274 cm³/mol. The Labute approximate surface area is 375 Å². The van der Waals surface area contributed by atoms with E-state index in [1.54, 1.807) is 0 Å². The number of allylic oxidation sites excluding steroid dienone is 1. The molecule has 0 saturated heterocycles. The summed E-state index contributed by atoms with van der Waals surface area (Å²) in [5, 5.41) is 11.8. The molecule has 1 aliphatic rings. The summed E-state index contributed by atoms with van der Waals surface area (Å²) >= 11 is 0. The van der Waals surface area contributed by atoms with Crippen LogP contribution in [0.5, 0.6) is 0 Å². The molecule has 3 heterocycles. The molecule has 0 bridgehead atoms. The van der Waals surface area contributed by atoms with E-state index in [-0.39, 0.29) is 5.92 Å². The summed E-state index contributed by atoms with van der Waals surface area (Å²) in [6.07, 6.45) is 3.05. The maximum atomic E-state index is 6.85. The van der Waals surface area contributed by atoms with Gasteiger partial charge in [0.1, 0.15) is 11.2 Å².